The highest BCUT2D eigenvalue weighted by Crippen LogP contribution is 2.30. The number of rotatable bonds is 7. The van der Waals surface area contributed by atoms with Crippen molar-refractivity contribution in [1.82, 2.24) is 0 Å². The number of nitrogens with zero attached hydrogens (tertiary/aromatic N) is 2. The normalized spacial score (nSPS) is 14.7. The van der Waals surface area contributed by atoms with Crippen molar-refractivity contribution in [2.75, 3.05) is 25.3 Å². The molecule has 1 heterocycles. The smallest absolute Gasteiger partial charge is 0.302 e. The van der Waals surface area contributed by atoms with Crippen LogP contribution >= 0.6 is 0 Å². The maximum absolute atomic E-state index is 12.8. The Labute approximate surface area is 169 Å². The number of benzene rings is 2. The third-order valence-corrected chi connectivity index (χ3v) is 4.21. The number of hydrogen-bond donors (Lipinski definition) is 0. The summed E-state index contributed by atoms with van der Waals surface area (Å²) in [6, 6.07) is 14.6. The largest absolute Gasteiger partial charge is 0.493 e. The van der Waals surface area contributed by atoms with Crippen molar-refractivity contribution in [2.45, 2.75) is 13.8 Å². The quantitative estimate of drug-likeness (QED) is 0.408. The van der Waals surface area contributed by atoms with E-state index in [1.54, 1.807) is 25.1 Å². The van der Waals surface area contributed by atoms with E-state index in [1.165, 1.54) is 19.0 Å². The van der Waals surface area contributed by atoms with E-state index in [2.05, 4.69) is 5.10 Å². The fourth-order valence-electron chi connectivity index (χ4n) is 2.83. The molecule has 0 aliphatic carbocycles. The van der Waals surface area contributed by atoms with Crippen LogP contribution in [0.1, 0.15) is 19.4 Å². The Morgan fingerprint density at radius 3 is 2.55 bits per heavy atom. The van der Waals surface area contributed by atoms with Crippen LogP contribution in [0.2, 0.25) is 0 Å². The molecular formula is C22H22N2O5. The fourth-order valence-corrected chi connectivity index (χ4v) is 2.83. The van der Waals surface area contributed by atoms with Crippen LogP contribution in [0.15, 0.2) is 59.2 Å². The lowest BCUT2D eigenvalue weighted by atomic mass is 10.1. The van der Waals surface area contributed by atoms with E-state index >= 15 is 0 Å². The van der Waals surface area contributed by atoms with Gasteiger partial charge in [0, 0.05) is 6.92 Å². The predicted octanol–water partition coefficient (Wildman–Crippen LogP) is 3.44. The number of hydrogen-bond acceptors (Lipinski definition) is 6. The Kier molecular flexibility index (Phi) is 6.29. The van der Waals surface area contributed by atoms with E-state index < -0.39 is 0 Å². The van der Waals surface area contributed by atoms with Crippen LogP contribution < -0.4 is 14.5 Å². The molecule has 150 valence electrons. The third-order valence-electron chi connectivity index (χ3n) is 4.21. The van der Waals surface area contributed by atoms with Gasteiger partial charge in [-0.05, 0) is 42.8 Å². The Morgan fingerprint density at radius 1 is 1.10 bits per heavy atom. The summed E-state index contributed by atoms with van der Waals surface area (Å²) in [5.74, 6) is 0.498. The zero-order chi connectivity index (χ0) is 20.8. The number of carbonyl (C=O) groups excluding carboxylic acids is 2. The summed E-state index contributed by atoms with van der Waals surface area (Å²) >= 11 is 0. The predicted molar refractivity (Wildman–Crippen MR) is 110 cm³/mol. The van der Waals surface area contributed by atoms with Crippen molar-refractivity contribution in [3.63, 3.8) is 0 Å². The molecule has 1 aliphatic heterocycles. The van der Waals surface area contributed by atoms with Crippen molar-refractivity contribution in [3.05, 3.63) is 59.7 Å². The maximum Gasteiger partial charge on any atom is 0.302 e. The summed E-state index contributed by atoms with van der Waals surface area (Å²) in [7, 11) is 1.54. The molecule has 29 heavy (non-hydrogen) atoms. The van der Waals surface area contributed by atoms with Crippen LogP contribution in [0, 0.1) is 0 Å². The minimum atomic E-state index is -0.356. The second kappa shape index (κ2) is 9.05. The van der Waals surface area contributed by atoms with E-state index in [0.717, 1.165) is 5.56 Å². The molecule has 0 bridgehead atoms. The van der Waals surface area contributed by atoms with Gasteiger partial charge in [0.2, 0.25) is 0 Å². The number of carbonyl (C=O) groups is 2. The molecule has 0 atom stereocenters. The maximum atomic E-state index is 12.8. The van der Waals surface area contributed by atoms with Crippen LogP contribution in [0.3, 0.4) is 0 Å². The minimum absolute atomic E-state index is 0.157. The number of amides is 1. The zero-order valence-electron chi connectivity index (χ0n) is 16.5. The Balaban J connectivity index is 1.77. The molecule has 0 unspecified atom stereocenters. The van der Waals surface area contributed by atoms with E-state index in [1.807, 2.05) is 36.4 Å². The first-order valence-electron chi connectivity index (χ1n) is 9.10. The molecule has 2 aromatic carbocycles. The van der Waals surface area contributed by atoms with Crippen LogP contribution in [0.5, 0.6) is 11.5 Å². The highest BCUT2D eigenvalue weighted by molar-refractivity contribution is 6.32. The van der Waals surface area contributed by atoms with Gasteiger partial charge in [-0.1, -0.05) is 24.3 Å². The van der Waals surface area contributed by atoms with Gasteiger partial charge in [0.15, 0.2) is 11.5 Å². The molecule has 2 aromatic rings. The average molecular weight is 394 g/mol. The van der Waals surface area contributed by atoms with Gasteiger partial charge < -0.3 is 14.2 Å². The van der Waals surface area contributed by atoms with Crippen LogP contribution in [0.4, 0.5) is 5.69 Å². The van der Waals surface area contributed by atoms with Crippen molar-refractivity contribution in [2.24, 2.45) is 5.10 Å². The van der Waals surface area contributed by atoms with E-state index in [4.69, 9.17) is 14.2 Å². The summed E-state index contributed by atoms with van der Waals surface area (Å²) < 4.78 is 15.8. The lowest BCUT2D eigenvalue weighted by Crippen LogP contribution is -2.21. The highest BCUT2D eigenvalue weighted by Gasteiger charge is 2.28. The summed E-state index contributed by atoms with van der Waals surface area (Å²) in [5.41, 5.74) is 2.65. The van der Waals surface area contributed by atoms with Gasteiger partial charge >= 0.3 is 5.97 Å². The van der Waals surface area contributed by atoms with Crippen LogP contribution in [-0.2, 0) is 14.3 Å². The number of methoxy groups -OCH3 is 1. The second-order valence-corrected chi connectivity index (χ2v) is 6.29. The van der Waals surface area contributed by atoms with Crippen LogP contribution in [0.25, 0.3) is 6.08 Å². The highest BCUT2D eigenvalue weighted by atomic mass is 16.6. The molecule has 0 saturated heterocycles. The van der Waals surface area contributed by atoms with Crippen molar-refractivity contribution in [3.8, 4) is 11.5 Å². The summed E-state index contributed by atoms with van der Waals surface area (Å²) in [6.45, 7) is 3.52. The monoisotopic (exact) mass is 394 g/mol. The third kappa shape index (κ3) is 4.82. The van der Waals surface area contributed by atoms with Crippen LogP contribution in [-0.4, -0.2) is 37.9 Å². The molecule has 3 rings (SSSR count). The first-order chi connectivity index (χ1) is 14.0. The number of para-hydroxylation sites is 1. The number of anilines is 1. The summed E-state index contributed by atoms with van der Waals surface area (Å²) in [5, 5.41) is 5.77. The van der Waals surface area contributed by atoms with E-state index in [-0.39, 0.29) is 25.1 Å². The number of hydrazone groups is 1. The summed E-state index contributed by atoms with van der Waals surface area (Å²) in [4.78, 5) is 23.6. The van der Waals surface area contributed by atoms with Crippen molar-refractivity contribution in [1.29, 1.82) is 0 Å². The molecule has 0 N–H and O–H groups in total. The van der Waals surface area contributed by atoms with Gasteiger partial charge in [-0.25, -0.2) is 0 Å². The minimum Gasteiger partial charge on any atom is -0.493 e. The fraction of sp³-hybridized carbons (Fsp3) is 0.227. The van der Waals surface area contributed by atoms with Gasteiger partial charge in [0.25, 0.3) is 5.91 Å². The van der Waals surface area contributed by atoms with Gasteiger partial charge in [-0.2, -0.15) is 10.1 Å². The van der Waals surface area contributed by atoms with Crippen molar-refractivity contribution < 1.29 is 23.8 Å². The van der Waals surface area contributed by atoms with Gasteiger partial charge in [0.05, 0.1) is 24.1 Å². The Morgan fingerprint density at radius 2 is 1.86 bits per heavy atom. The van der Waals surface area contributed by atoms with E-state index in [9.17, 15) is 9.59 Å². The van der Waals surface area contributed by atoms with E-state index in [0.29, 0.717) is 28.5 Å². The topological polar surface area (TPSA) is 77.4 Å². The molecule has 0 fully saturated rings. The molecule has 1 amide bonds. The van der Waals surface area contributed by atoms with Gasteiger partial charge in [-0.15, -0.1) is 0 Å². The molecule has 0 radical (unpaired) electrons. The first kappa shape index (κ1) is 20.1. The number of ether oxygens (including phenoxy) is 3. The lowest BCUT2D eigenvalue weighted by molar-refractivity contribution is -0.141. The summed E-state index contributed by atoms with van der Waals surface area (Å²) in [6.07, 6.45) is 1.77. The second-order valence-electron chi connectivity index (χ2n) is 6.29. The lowest BCUT2D eigenvalue weighted by Gasteiger charge is -2.12. The molecule has 7 nitrogen and oxygen atoms in total. The molecule has 0 saturated carbocycles. The molecular weight excluding hydrogens is 372 g/mol. The standard InChI is InChI=1S/C22H22N2O5/c1-15-19(22(26)24(23-15)18-7-5-4-6-8-18)13-17-9-10-20(21(14-17)27-3)29-12-11-28-16(2)25/h4-10,13-14H,11-12H2,1-3H3. The first-order valence-corrected chi connectivity index (χ1v) is 9.10. The molecule has 1 aliphatic rings. The SMILES string of the molecule is COc1cc(C=C2C(=O)N(c3ccccc3)N=C2C)ccc1OCCOC(C)=O. The van der Waals surface area contributed by atoms with Crippen molar-refractivity contribution >= 4 is 29.4 Å². The molecule has 0 spiro atoms. The Hall–Kier alpha value is -3.61. The zero-order valence-corrected chi connectivity index (χ0v) is 16.5. The molecule has 7 heteroatoms. The number of esters is 1. The Bertz CT molecular complexity index is 966. The van der Waals surface area contributed by atoms with Gasteiger partial charge in [0.1, 0.15) is 13.2 Å². The average Bonchev–Trinajstić information content (AvgIpc) is 3.00. The van der Waals surface area contributed by atoms with Gasteiger partial charge in [-0.3, -0.25) is 9.59 Å². The molecule has 0 aromatic heterocycles.